The molecule has 4 nitrogen and oxygen atoms in total. The average molecular weight is 275 g/mol. The summed E-state index contributed by atoms with van der Waals surface area (Å²) in [6.07, 6.45) is 0. The molecule has 0 bridgehead atoms. The lowest BCUT2D eigenvalue weighted by Gasteiger charge is -2.13. The van der Waals surface area contributed by atoms with Gasteiger partial charge in [-0.05, 0) is 31.2 Å². The van der Waals surface area contributed by atoms with Crippen LogP contribution in [0.1, 0.15) is 11.1 Å². The summed E-state index contributed by atoms with van der Waals surface area (Å²) in [5, 5.41) is 6.21. The minimum Gasteiger partial charge on any atom is -0.347 e. The lowest BCUT2D eigenvalue weighted by molar-refractivity contribution is -0.118. The summed E-state index contributed by atoms with van der Waals surface area (Å²) < 4.78 is 0. The van der Waals surface area contributed by atoms with E-state index < -0.39 is 5.54 Å². The monoisotopic (exact) mass is 275 g/mol. The molecule has 1 saturated heterocycles. The van der Waals surface area contributed by atoms with Gasteiger partial charge in [0.1, 0.15) is 5.71 Å². The van der Waals surface area contributed by atoms with E-state index in [-0.39, 0.29) is 5.91 Å². The number of para-hydroxylation sites is 1. The second-order valence-corrected chi connectivity index (χ2v) is 5.87. The van der Waals surface area contributed by atoms with Crippen LogP contribution < -0.4 is 9.91 Å². The third-order valence-electron chi connectivity index (χ3n) is 4.58. The van der Waals surface area contributed by atoms with Crippen LogP contribution in [0.25, 0.3) is 0 Å². The molecule has 3 aliphatic rings. The van der Waals surface area contributed by atoms with E-state index in [0.717, 1.165) is 29.2 Å². The molecule has 1 spiro atoms. The van der Waals surface area contributed by atoms with Crippen LogP contribution in [-0.4, -0.2) is 23.7 Å². The number of hydrazone groups is 1. The van der Waals surface area contributed by atoms with Crippen molar-refractivity contribution in [3.05, 3.63) is 59.7 Å². The maximum Gasteiger partial charge on any atom is 0.281 e. The molecular weight excluding hydrogens is 262 g/mol. The highest BCUT2D eigenvalue weighted by atomic mass is 16.2. The number of hydrogen-bond acceptors (Lipinski definition) is 3. The van der Waals surface area contributed by atoms with Crippen LogP contribution >= 0.6 is 0 Å². The van der Waals surface area contributed by atoms with E-state index in [1.54, 1.807) is 5.01 Å². The van der Waals surface area contributed by atoms with Gasteiger partial charge in [-0.25, -0.2) is 0 Å². The van der Waals surface area contributed by atoms with E-state index in [0.29, 0.717) is 0 Å². The number of carbonyl (C=O) groups excluding carboxylic acids is 1. The van der Waals surface area contributed by atoms with Crippen molar-refractivity contribution < 1.29 is 4.79 Å². The van der Waals surface area contributed by atoms with Gasteiger partial charge in [0, 0.05) is 11.3 Å². The van der Waals surface area contributed by atoms with E-state index in [2.05, 4.69) is 35.1 Å². The molecule has 3 heterocycles. The van der Waals surface area contributed by atoms with Gasteiger partial charge in [0.2, 0.25) is 0 Å². The fraction of sp³-hybridized carbons (Fsp3) is 0.176. The Morgan fingerprint density at radius 2 is 1.95 bits per heavy atom. The zero-order valence-corrected chi connectivity index (χ0v) is 11.6. The highest BCUT2D eigenvalue weighted by molar-refractivity contribution is 6.38. The summed E-state index contributed by atoms with van der Waals surface area (Å²) >= 11 is 0. The van der Waals surface area contributed by atoms with Gasteiger partial charge in [0.25, 0.3) is 5.91 Å². The maximum atomic E-state index is 12.9. The standard InChI is InChI=1S/C17H13N3O/c1-11-7-8-14-13(9-11)15-17(10-19(14)17)16(21)20(18-15)12-5-3-2-4-6-12/h2-9H,10H2,1H3. The molecule has 0 N–H and O–H groups in total. The first-order chi connectivity index (χ1) is 10.2. The number of fused-ring (bicyclic) bond motifs is 3. The van der Waals surface area contributed by atoms with Gasteiger partial charge in [-0.2, -0.15) is 10.1 Å². The van der Waals surface area contributed by atoms with Gasteiger partial charge in [-0.3, -0.25) is 4.79 Å². The van der Waals surface area contributed by atoms with E-state index in [1.165, 1.54) is 5.56 Å². The molecule has 0 radical (unpaired) electrons. The molecule has 1 amide bonds. The van der Waals surface area contributed by atoms with Crippen LogP contribution in [0.3, 0.4) is 0 Å². The van der Waals surface area contributed by atoms with Gasteiger partial charge >= 0.3 is 0 Å². The lowest BCUT2D eigenvalue weighted by atomic mass is 9.97. The van der Waals surface area contributed by atoms with Gasteiger partial charge in [-0.15, -0.1) is 0 Å². The Bertz CT molecular complexity index is 827. The normalized spacial score (nSPS) is 24.6. The Labute approximate surface area is 122 Å². The van der Waals surface area contributed by atoms with Gasteiger partial charge in [-0.1, -0.05) is 29.8 Å². The molecule has 1 atom stereocenters. The Morgan fingerprint density at radius 3 is 2.76 bits per heavy atom. The lowest BCUT2D eigenvalue weighted by Crippen LogP contribution is -2.36. The minimum absolute atomic E-state index is 0.0672. The molecule has 0 saturated carbocycles. The number of amides is 1. The van der Waals surface area contributed by atoms with Crippen molar-refractivity contribution in [2.24, 2.45) is 5.10 Å². The molecule has 1 unspecified atom stereocenters. The summed E-state index contributed by atoms with van der Waals surface area (Å²) in [7, 11) is 0. The zero-order valence-electron chi connectivity index (χ0n) is 11.6. The van der Waals surface area contributed by atoms with Crippen molar-refractivity contribution in [1.29, 1.82) is 0 Å². The SMILES string of the molecule is Cc1ccc2c(c1)C1=NN(c3ccccc3)C(=O)C13CN23. The van der Waals surface area contributed by atoms with Crippen molar-refractivity contribution in [3.8, 4) is 0 Å². The van der Waals surface area contributed by atoms with Crippen molar-refractivity contribution in [1.82, 2.24) is 0 Å². The van der Waals surface area contributed by atoms with Crippen LogP contribution in [0.5, 0.6) is 0 Å². The summed E-state index contributed by atoms with van der Waals surface area (Å²) in [4.78, 5) is 15.0. The number of rotatable bonds is 1. The fourth-order valence-corrected chi connectivity index (χ4v) is 3.47. The zero-order chi connectivity index (χ0) is 14.2. The fourth-order valence-electron chi connectivity index (χ4n) is 3.47. The maximum absolute atomic E-state index is 12.9. The summed E-state index contributed by atoms with van der Waals surface area (Å²) in [6, 6.07) is 16.0. The Balaban J connectivity index is 1.70. The molecule has 0 aliphatic carbocycles. The van der Waals surface area contributed by atoms with Crippen molar-refractivity contribution >= 4 is 23.0 Å². The molecule has 21 heavy (non-hydrogen) atoms. The second-order valence-electron chi connectivity index (χ2n) is 5.87. The van der Waals surface area contributed by atoms with Crippen LogP contribution in [0.2, 0.25) is 0 Å². The van der Waals surface area contributed by atoms with Crippen LogP contribution in [0, 0.1) is 6.92 Å². The van der Waals surface area contributed by atoms with Gasteiger partial charge < -0.3 is 4.90 Å². The van der Waals surface area contributed by atoms with Crippen LogP contribution in [0.4, 0.5) is 11.4 Å². The number of aryl methyl sites for hydroxylation is 1. The van der Waals surface area contributed by atoms with E-state index in [4.69, 9.17) is 0 Å². The van der Waals surface area contributed by atoms with Gasteiger partial charge in [0.15, 0.2) is 5.54 Å². The predicted molar refractivity (Wildman–Crippen MR) is 81.7 cm³/mol. The largest absolute Gasteiger partial charge is 0.347 e. The topological polar surface area (TPSA) is 35.7 Å². The molecule has 0 aromatic heterocycles. The van der Waals surface area contributed by atoms with Crippen molar-refractivity contribution in [2.75, 3.05) is 16.5 Å². The Morgan fingerprint density at radius 1 is 1.14 bits per heavy atom. The second kappa shape index (κ2) is 3.34. The van der Waals surface area contributed by atoms with E-state index in [1.807, 2.05) is 30.3 Å². The molecular formula is C17H13N3O. The van der Waals surface area contributed by atoms with Crippen molar-refractivity contribution in [2.45, 2.75) is 12.5 Å². The first-order valence-electron chi connectivity index (χ1n) is 7.09. The highest BCUT2D eigenvalue weighted by Crippen LogP contribution is 2.54. The van der Waals surface area contributed by atoms with Gasteiger partial charge in [0.05, 0.1) is 12.2 Å². The van der Waals surface area contributed by atoms with Crippen LogP contribution in [-0.2, 0) is 4.79 Å². The quantitative estimate of drug-likeness (QED) is 0.749. The molecule has 5 rings (SSSR count). The number of carbonyl (C=O) groups is 1. The van der Waals surface area contributed by atoms with E-state index in [9.17, 15) is 4.79 Å². The molecule has 4 heteroatoms. The summed E-state index contributed by atoms with van der Waals surface area (Å²) in [5.41, 5.74) is 4.66. The molecule has 102 valence electrons. The predicted octanol–water partition coefficient (Wildman–Crippen LogP) is 2.32. The summed E-state index contributed by atoms with van der Waals surface area (Å²) in [5.74, 6) is 0.0672. The van der Waals surface area contributed by atoms with E-state index >= 15 is 0 Å². The Hall–Kier alpha value is -2.62. The average Bonchev–Trinajstić information content (AvgIpc) is 3.09. The highest BCUT2D eigenvalue weighted by Gasteiger charge is 2.71. The van der Waals surface area contributed by atoms with Crippen LogP contribution in [0.15, 0.2) is 53.6 Å². The molecule has 2 aromatic carbocycles. The molecule has 2 aromatic rings. The number of benzene rings is 2. The number of nitrogens with zero attached hydrogens (tertiary/aromatic N) is 3. The number of anilines is 2. The smallest absolute Gasteiger partial charge is 0.281 e. The third kappa shape index (κ3) is 1.17. The number of hydrogen-bond donors (Lipinski definition) is 0. The van der Waals surface area contributed by atoms with Crippen molar-refractivity contribution in [3.63, 3.8) is 0 Å². The molecule has 1 fully saturated rings. The first kappa shape index (κ1) is 11.1. The third-order valence-corrected chi connectivity index (χ3v) is 4.58. The Kier molecular flexibility index (Phi) is 1.76. The summed E-state index contributed by atoms with van der Waals surface area (Å²) in [6.45, 7) is 2.82. The molecule has 3 aliphatic heterocycles. The minimum atomic E-state index is -0.522. The first-order valence-corrected chi connectivity index (χ1v) is 7.09.